The second-order valence-electron chi connectivity index (χ2n) is 8.16. The Hall–Kier alpha value is -3.18. The van der Waals surface area contributed by atoms with Gasteiger partial charge in [-0.1, -0.05) is 5.16 Å². The average molecular weight is 570 g/mol. The number of benzene rings is 1. The van der Waals surface area contributed by atoms with Crippen LogP contribution in [0.2, 0.25) is 0 Å². The molecular weight excluding hydrogens is 546 g/mol. The highest BCUT2D eigenvalue weighted by molar-refractivity contribution is 5.86. The van der Waals surface area contributed by atoms with E-state index in [1.165, 1.54) is 6.07 Å². The number of ether oxygens (including phenoxy) is 2. The van der Waals surface area contributed by atoms with Crippen molar-refractivity contribution in [2.24, 2.45) is 0 Å². The van der Waals surface area contributed by atoms with E-state index in [1.54, 1.807) is 31.6 Å². The number of fused-ring (bicyclic) bond motifs is 1. The van der Waals surface area contributed by atoms with Crippen LogP contribution in [0.25, 0.3) is 39.5 Å². The van der Waals surface area contributed by atoms with E-state index in [4.69, 9.17) is 14.0 Å². The fourth-order valence-electron chi connectivity index (χ4n) is 3.88. The SMILES string of the molecule is COCCOc1ccc(-c2[nH]ncc2-c2ccc3ncc(-c4noc(C5CC5)n4)n3c2)c(F)c1.Cl.Cl.Cl. The summed E-state index contributed by atoms with van der Waals surface area (Å²) in [6.45, 7) is 0.777. The Morgan fingerprint density at radius 3 is 2.68 bits per heavy atom. The zero-order valence-electron chi connectivity index (χ0n) is 19.6. The fourth-order valence-corrected chi connectivity index (χ4v) is 3.88. The lowest BCUT2D eigenvalue weighted by Gasteiger charge is -2.09. The van der Waals surface area contributed by atoms with Crippen LogP contribution >= 0.6 is 37.2 Å². The van der Waals surface area contributed by atoms with Crippen LogP contribution in [0.3, 0.4) is 0 Å². The minimum atomic E-state index is -0.413. The van der Waals surface area contributed by atoms with Gasteiger partial charge in [0.1, 0.15) is 29.5 Å². The molecule has 6 rings (SSSR count). The van der Waals surface area contributed by atoms with Gasteiger partial charge in [-0.2, -0.15) is 10.1 Å². The van der Waals surface area contributed by atoms with Crippen LogP contribution in [-0.4, -0.2) is 50.0 Å². The first-order valence-electron chi connectivity index (χ1n) is 11.0. The third-order valence-electron chi connectivity index (χ3n) is 5.82. The predicted molar refractivity (Wildman–Crippen MR) is 143 cm³/mol. The van der Waals surface area contributed by atoms with Crippen molar-refractivity contribution in [1.82, 2.24) is 29.7 Å². The van der Waals surface area contributed by atoms with Crippen LogP contribution in [0.15, 0.2) is 53.4 Å². The molecule has 5 aromatic rings. The van der Waals surface area contributed by atoms with Gasteiger partial charge in [0.25, 0.3) is 0 Å². The van der Waals surface area contributed by atoms with Crippen LogP contribution in [0, 0.1) is 5.82 Å². The maximum atomic E-state index is 15.0. The molecule has 1 aliphatic carbocycles. The van der Waals surface area contributed by atoms with Gasteiger partial charge in [0.15, 0.2) is 0 Å². The number of halogens is 4. The van der Waals surface area contributed by atoms with Crippen LogP contribution < -0.4 is 4.74 Å². The Morgan fingerprint density at radius 2 is 1.92 bits per heavy atom. The summed E-state index contributed by atoms with van der Waals surface area (Å²) in [5.41, 5.74) is 4.01. The molecule has 0 bridgehead atoms. The number of nitrogens with one attached hydrogen (secondary N) is 1. The van der Waals surface area contributed by atoms with E-state index in [1.807, 2.05) is 22.7 Å². The van der Waals surface area contributed by atoms with Crippen LogP contribution in [-0.2, 0) is 4.74 Å². The molecule has 4 heterocycles. The minimum absolute atomic E-state index is 0. The fraction of sp³-hybridized carbons (Fsp3) is 0.250. The highest BCUT2D eigenvalue weighted by Crippen LogP contribution is 2.39. The van der Waals surface area contributed by atoms with Crippen LogP contribution in [0.5, 0.6) is 5.75 Å². The molecule has 0 saturated heterocycles. The second-order valence-corrected chi connectivity index (χ2v) is 8.16. The zero-order valence-corrected chi connectivity index (χ0v) is 22.0. The number of nitrogens with zero attached hydrogens (tertiary/aromatic N) is 5. The Labute approximate surface area is 230 Å². The lowest BCUT2D eigenvalue weighted by atomic mass is 10.0. The Bertz CT molecular complexity index is 1480. The van der Waals surface area contributed by atoms with Gasteiger partial charge in [0.2, 0.25) is 11.7 Å². The van der Waals surface area contributed by atoms with E-state index < -0.39 is 5.82 Å². The van der Waals surface area contributed by atoms with Crippen molar-refractivity contribution in [1.29, 1.82) is 0 Å². The summed E-state index contributed by atoms with van der Waals surface area (Å²) < 4.78 is 32.8. The van der Waals surface area contributed by atoms with Gasteiger partial charge in [-0.15, -0.1) is 37.2 Å². The molecule has 9 nitrogen and oxygen atoms in total. The van der Waals surface area contributed by atoms with Gasteiger partial charge in [0.05, 0.1) is 24.7 Å². The summed E-state index contributed by atoms with van der Waals surface area (Å²) in [6.07, 6.45) is 7.48. The van der Waals surface area contributed by atoms with Gasteiger partial charge >= 0.3 is 0 Å². The zero-order chi connectivity index (χ0) is 23.1. The Morgan fingerprint density at radius 1 is 1.08 bits per heavy atom. The average Bonchev–Trinajstić information content (AvgIpc) is 3.23. The summed E-state index contributed by atoms with van der Waals surface area (Å²) in [4.78, 5) is 9.00. The van der Waals surface area contributed by atoms with Crippen molar-refractivity contribution in [3.8, 4) is 39.7 Å². The molecule has 0 spiro atoms. The number of aromatic nitrogens is 6. The number of H-pyrrole nitrogens is 1. The van der Waals surface area contributed by atoms with E-state index in [0.717, 1.165) is 35.3 Å². The number of methoxy groups -OCH3 is 1. The first-order chi connectivity index (χ1) is 16.7. The molecule has 0 radical (unpaired) electrons. The molecule has 13 heteroatoms. The minimum Gasteiger partial charge on any atom is -0.491 e. The lowest BCUT2D eigenvalue weighted by molar-refractivity contribution is 0.146. The van der Waals surface area contributed by atoms with Gasteiger partial charge in [-0.3, -0.25) is 9.50 Å². The van der Waals surface area contributed by atoms with E-state index in [2.05, 4.69) is 25.3 Å². The topological polar surface area (TPSA) is 103 Å². The number of hydrogen-bond acceptors (Lipinski definition) is 7. The molecule has 4 aromatic heterocycles. The molecule has 0 aliphatic heterocycles. The number of imidazole rings is 1. The van der Waals surface area contributed by atoms with Crippen molar-refractivity contribution in [3.63, 3.8) is 0 Å². The normalized spacial score (nSPS) is 12.5. The Kier molecular flexibility index (Phi) is 9.14. The summed E-state index contributed by atoms with van der Waals surface area (Å²) in [7, 11) is 1.59. The highest BCUT2D eigenvalue weighted by Gasteiger charge is 2.30. The van der Waals surface area contributed by atoms with E-state index >= 15 is 0 Å². The van der Waals surface area contributed by atoms with E-state index in [9.17, 15) is 4.39 Å². The first kappa shape index (κ1) is 28.4. The van der Waals surface area contributed by atoms with E-state index in [0.29, 0.717) is 47.9 Å². The van der Waals surface area contributed by atoms with Crippen LogP contribution in [0.1, 0.15) is 24.7 Å². The predicted octanol–water partition coefficient (Wildman–Crippen LogP) is 5.75. The number of aromatic amines is 1. The van der Waals surface area contributed by atoms with Gasteiger partial charge in [-0.05, 0) is 37.1 Å². The molecular formula is C24H24Cl3FN6O3. The molecule has 196 valence electrons. The molecule has 0 atom stereocenters. The standard InChI is InChI=1S/C24H21FN6O3.3ClH/c1-32-8-9-33-16-5-6-17(19(25)10-16)22-18(11-27-29-22)15-4-7-21-26-12-20(31(21)13-15)23-28-24(34-30-23)14-2-3-14;;;/h4-7,10-14H,2-3,8-9H2,1H3,(H,27,29);3*1H. The van der Waals surface area contributed by atoms with E-state index in [-0.39, 0.29) is 37.2 Å². The summed E-state index contributed by atoms with van der Waals surface area (Å²) in [6, 6.07) is 8.57. The molecule has 1 fully saturated rings. The third-order valence-corrected chi connectivity index (χ3v) is 5.82. The van der Waals surface area contributed by atoms with Crippen LogP contribution in [0.4, 0.5) is 4.39 Å². The van der Waals surface area contributed by atoms with Gasteiger partial charge < -0.3 is 14.0 Å². The second kappa shape index (κ2) is 11.9. The Balaban J connectivity index is 0.00000127. The number of hydrogen-bond donors (Lipinski definition) is 1. The lowest BCUT2D eigenvalue weighted by Crippen LogP contribution is -2.04. The quantitative estimate of drug-likeness (QED) is 0.237. The smallest absolute Gasteiger partial charge is 0.230 e. The molecule has 1 aliphatic rings. The third kappa shape index (κ3) is 5.57. The largest absolute Gasteiger partial charge is 0.491 e. The van der Waals surface area contributed by atoms with Gasteiger partial charge in [-0.25, -0.2) is 9.37 Å². The maximum absolute atomic E-state index is 15.0. The number of pyridine rings is 1. The monoisotopic (exact) mass is 568 g/mol. The highest BCUT2D eigenvalue weighted by atomic mass is 35.5. The molecule has 1 saturated carbocycles. The van der Waals surface area contributed by atoms with Crippen molar-refractivity contribution < 1.29 is 18.4 Å². The first-order valence-corrected chi connectivity index (χ1v) is 11.0. The molecule has 0 amide bonds. The van der Waals surface area contributed by atoms with Crippen molar-refractivity contribution in [3.05, 3.63) is 60.6 Å². The van der Waals surface area contributed by atoms with Gasteiger partial charge in [0, 0.05) is 42.0 Å². The summed E-state index contributed by atoms with van der Waals surface area (Å²) in [5.74, 6) is 1.56. The summed E-state index contributed by atoms with van der Waals surface area (Å²) in [5, 5.41) is 11.2. The molecule has 0 unspecified atom stereocenters. The summed E-state index contributed by atoms with van der Waals surface area (Å²) >= 11 is 0. The maximum Gasteiger partial charge on any atom is 0.230 e. The molecule has 1 N–H and O–H groups in total. The molecule has 37 heavy (non-hydrogen) atoms. The number of rotatable bonds is 8. The van der Waals surface area contributed by atoms with Crippen molar-refractivity contribution in [2.45, 2.75) is 18.8 Å². The molecule has 1 aromatic carbocycles. The van der Waals surface area contributed by atoms with Crippen molar-refractivity contribution in [2.75, 3.05) is 20.3 Å². The van der Waals surface area contributed by atoms with Crippen molar-refractivity contribution >= 4 is 42.9 Å².